The highest BCUT2D eigenvalue weighted by molar-refractivity contribution is 7.99. The van der Waals surface area contributed by atoms with E-state index in [0.29, 0.717) is 12.1 Å². The van der Waals surface area contributed by atoms with Crippen molar-refractivity contribution in [2.75, 3.05) is 18.6 Å². The Kier molecular flexibility index (Phi) is 4.95. The van der Waals surface area contributed by atoms with Crippen LogP contribution in [-0.4, -0.2) is 24.7 Å². The topological polar surface area (TPSA) is 21.3 Å². The predicted molar refractivity (Wildman–Crippen MR) is 79.6 cm³/mol. The van der Waals surface area contributed by atoms with Gasteiger partial charge < -0.3 is 10.1 Å². The van der Waals surface area contributed by atoms with E-state index in [4.69, 9.17) is 4.74 Å². The molecule has 2 rings (SSSR count). The maximum Gasteiger partial charge on any atom is 0.123 e. The van der Waals surface area contributed by atoms with E-state index in [0.717, 1.165) is 5.75 Å². The number of rotatable bonds is 4. The summed E-state index contributed by atoms with van der Waals surface area (Å²) in [5.74, 6) is 3.57. The van der Waals surface area contributed by atoms with Crippen molar-refractivity contribution in [3.8, 4) is 5.75 Å². The number of benzene rings is 1. The number of nitrogens with one attached hydrogen (secondary N) is 1. The zero-order chi connectivity index (χ0) is 13.0. The molecule has 1 N–H and O–H groups in total. The first-order chi connectivity index (χ1) is 8.70. The molecule has 0 aliphatic carbocycles. The van der Waals surface area contributed by atoms with Gasteiger partial charge in [-0.2, -0.15) is 11.8 Å². The van der Waals surface area contributed by atoms with E-state index in [1.54, 1.807) is 7.11 Å². The molecule has 1 aliphatic heterocycles. The first-order valence-electron chi connectivity index (χ1n) is 6.69. The average molecular weight is 265 g/mol. The van der Waals surface area contributed by atoms with Crippen LogP contribution in [0.25, 0.3) is 0 Å². The van der Waals surface area contributed by atoms with E-state index >= 15 is 0 Å². The second-order valence-electron chi connectivity index (χ2n) is 5.02. The standard InChI is InChI=1S/C15H23NOS/c1-11-4-5-14(15(10-11)17-3)12(2)16-13-6-8-18-9-7-13/h4-5,10,12-13,16H,6-9H2,1-3H3. The summed E-state index contributed by atoms with van der Waals surface area (Å²) >= 11 is 2.07. The molecule has 100 valence electrons. The molecule has 0 spiro atoms. The molecule has 1 atom stereocenters. The largest absolute Gasteiger partial charge is 0.496 e. The maximum absolute atomic E-state index is 5.49. The van der Waals surface area contributed by atoms with E-state index < -0.39 is 0 Å². The predicted octanol–water partition coefficient (Wildman–Crippen LogP) is 3.55. The van der Waals surface area contributed by atoms with Crippen molar-refractivity contribution in [3.63, 3.8) is 0 Å². The third-order valence-corrected chi connectivity index (χ3v) is 4.61. The van der Waals surface area contributed by atoms with Crippen LogP contribution in [0.5, 0.6) is 5.75 Å². The van der Waals surface area contributed by atoms with E-state index in [9.17, 15) is 0 Å². The van der Waals surface area contributed by atoms with Crippen molar-refractivity contribution in [3.05, 3.63) is 29.3 Å². The van der Waals surface area contributed by atoms with Gasteiger partial charge in [0, 0.05) is 17.6 Å². The van der Waals surface area contributed by atoms with E-state index in [1.165, 1.54) is 35.5 Å². The second kappa shape index (κ2) is 6.48. The highest BCUT2D eigenvalue weighted by Gasteiger charge is 2.18. The molecule has 1 aromatic rings. The lowest BCUT2D eigenvalue weighted by Gasteiger charge is -2.27. The number of thioether (sulfide) groups is 1. The third kappa shape index (κ3) is 3.42. The van der Waals surface area contributed by atoms with Crippen LogP contribution in [0.3, 0.4) is 0 Å². The number of hydrogen-bond acceptors (Lipinski definition) is 3. The Labute approximate surface area is 114 Å². The lowest BCUT2D eigenvalue weighted by Crippen LogP contribution is -2.34. The van der Waals surface area contributed by atoms with Gasteiger partial charge in [0.2, 0.25) is 0 Å². The van der Waals surface area contributed by atoms with Crippen LogP contribution in [0.2, 0.25) is 0 Å². The Bertz CT molecular complexity index is 388. The van der Waals surface area contributed by atoms with Crippen LogP contribution in [0.4, 0.5) is 0 Å². The number of hydrogen-bond donors (Lipinski definition) is 1. The number of ether oxygens (including phenoxy) is 1. The van der Waals surface area contributed by atoms with Crippen LogP contribution in [-0.2, 0) is 0 Å². The van der Waals surface area contributed by atoms with Gasteiger partial charge in [-0.3, -0.25) is 0 Å². The molecular formula is C15H23NOS. The summed E-state index contributed by atoms with van der Waals surface area (Å²) in [5, 5.41) is 3.74. The molecule has 1 aliphatic rings. The van der Waals surface area contributed by atoms with Crippen molar-refractivity contribution < 1.29 is 4.74 Å². The molecule has 0 bridgehead atoms. The summed E-state index contributed by atoms with van der Waals surface area (Å²) in [7, 11) is 1.75. The van der Waals surface area contributed by atoms with Crippen molar-refractivity contribution in [2.24, 2.45) is 0 Å². The molecule has 2 nitrogen and oxygen atoms in total. The molecule has 0 radical (unpaired) electrons. The molecule has 1 saturated heterocycles. The molecule has 0 aromatic heterocycles. The van der Waals surface area contributed by atoms with Crippen molar-refractivity contribution in [2.45, 2.75) is 38.8 Å². The van der Waals surface area contributed by atoms with Gasteiger partial charge >= 0.3 is 0 Å². The highest BCUT2D eigenvalue weighted by Crippen LogP contribution is 2.28. The molecule has 1 aromatic carbocycles. The Balaban J connectivity index is 2.05. The van der Waals surface area contributed by atoms with Crippen molar-refractivity contribution >= 4 is 11.8 Å². The quantitative estimate of drug-likeness (QED) is 0.899. The normalized spacial score (nSPS) is 18.6. The summed E-state index contributed by atoms with van der Waals surface area (Å²) in [6.07, 6.45) is 2.56. The first-order valence-corrected chi connectivity index (χ1v) is 7.84. The Morgan fingerprint density at radius 2 is 2.06 bits per heavy atom. The van der Waals surface area contributed by atoms with Gasteiger partial charge in [0.15, 0.2) is 0 Å². The van der Waals surface area contributed by atoms with Crippen LogP contribution in [0, 0.1) is 6.92 Å². The van der Waals surface area contributed by atoms with E-state index in [1.807, 2.05) is 0 Å². The summed E-state index contributed by atoms with van der Waals surface area (Å²) in [6, 6.07) is 7.47. The van der Waals surface area contributed by atoms with Crippen LogP contribution in [0.15, 0.2) is 18.2 Å². The fourth-order valence-electron chi connectivity index (χ4n) is 2.48. The maximum atomic E-state index is 5.49. The van der Waals surface area contributed by atoms with Crippen LogP contribution in [0.1, 0.15) is 36.9 Å². The summed E-state index contributed by atoms with van der Waals surface area (Å²) < 4.78 is 5.49. The summed E-state index contributed by atoms with van der Waals surface area (Å²) in [4.78, 5) is 0. The lowest BCUT2D eigenvalue weighted by atomic mass is 10.0. The minimum atomic E-state index is 0.355. The molecule has 3 heteroatoms. The zero-order valence-corrected chi connectivity index (χ0v) is 12.3. The zero-order valence-electron chi connectivity index (χ0n) is 11.5. The first kappa shape index (κ1) is 13.8. The van der Waals surface area contributed by atoms with E-state index in [2.05, 4.69) is 49.1 Å². The number of aryl methyl sites for hydroxylation is 1. The van der Waals surface area contributed by atoms with Crippen LogP contribution < -0.4 is 10.1 Å². The summed E-state index contributed by atoms with van der Waals surface area (Å²) in [5.41, 5.74) is 2.51. The van der Waals surface area contributed by atoms with Gasteiger partial charge in [0.25, 0.3) is 0 Å². The fraction of sp³-hybridized carbons (Fsp3) is 0.600. The van der Waals surface area contributed by atoms with Crippen LogP contribution >= 0.6 is 11.8 Å². The SMILES string of the molecule is COc1cc(C)ccc1C(C)NC1CCSCC1. The monoisotopic (exact) mass is 265 g/mol. The Morgan fingerprint density at radius 1 is 1.33 bits per heavy atom. The Morgan fingerprint density at radius 3 is 2.72 bits per heavy atom. The molecule has 1 unspecified atom stereocenters. The molecule has 1 heterocycles. The number of methoxy groups -OCH3 is 1. The minimum Gasteiger partial charge on any atom is -0.496 e. The van der Waals surface area contributed by atoms with Gasteiger partial charge in [-0.25, -0.2) is 0 Å². The Hall–Kier alpha value is -0.670. The minimum absolute atomic E-state index is 0.355. The van der Waals surface area contributed by atoms with Gasteiger partial charge in [0.1, 0.15) is 5.75 Å². The fourth-order valence-corrected chi connectivity index (χ4v) is 3.59. The molecule has 0 amide bonds. The summed E-state index contributed by atoms with van der Waals surface area (Å²) in [6.45, 7) is 4.33. The van der Waals surface area contributed by atoms with Gasteiger partial charge in [-0.1, -0.05) is 12.1 Å². The average Bonchev–Trinajstić information content (AvgIpc) is 2.39. The second-order valence-corrected chi connectivity index (χ2v) is 6.25. The van der Waals surface area contributed by atoms with E-state index in [-0.39, 0.29) is 0 Å². The van der Waals surface area contributed by atoms with Crippen molar-refractivity contribution in [1.29, 1.82) is 0 Å². The van der Waals surface area contributed by atoms with Gasteiger partial charge in [-0.15, -0.1) is 0 Å². The molecule has 18 heavy (non-hydrogen) atoms. The smallest absolute Gasteiger partial charge is 0.123 e. The van der Waals surface area contributed by atoms with Gasteiger partial charge in [-0.05, 0) is 49.8 Å². The van der Waals surface area contributed by atoms with Gasteiger partial charge in [0.05, 0.1) is 7.11 Å². The van der Waals surface area contributed by atoms with Crippen molar-refractivity contribution in [1.82, 2.24) is 5.32 Å². The highest BCUT2D eigenvalue weighted by atomic mass is 32.2. The molecule has 1 fully saturated rings. The molecule has 0 saturated carbocycles. The molecular weight excluding hydrogens is 242 g/mol. The third-order valence-electron chi connectivity index (χ3n) is 3.56. The lowest BCUT2D eigenvalue weighted by molar-refractivity contribution is 0.386.